The Kier molecular flexibility index (Phi) is 4.37. The van der Waals surface area contributed by atoms with Crippen LogP contribution in [-0.2, 0) is 6.54 Å². The van der Waals surface area contributed by atoms with Crippen molar-refractivity contribution >= 4 is 22.9 Å². The molecule has 0 N–H and O–H groups in total. The summed E-state index contributed by atoms with van der Waals surface area (Å²) in [7, 11) is 1.68. The molecular weight excluding hydrogens is 317 g/mol. The van der Waals surface area contributed by atoms with Crippen LogP contribution in [0.2, 0.25) is 0 Å². The third-order valence-electron chi connectivity index (χ3n) is 2.75. The summed E-state index contributed by atoms with van der Waals surface area (Å²) < 4.78 is 7.59. The Hall–Kier alpha value is -0.400. The summed E-state index contributed by atoms with van der Waals surface area (Å²) in [6, 6.07) is 4.05. The molecule has 0 aromatic carbocycles. The molecule has 16 heavy (non-hydrogen) atoms. The Labute approximate surface area is 110 Å². The third kappa shape index (κ3) is 3.05. The molecule has 4 nitrogen and oxygen atoms in total. The van der Waals surface area contributed by atoms with Crippen LogP contribution in [0.15, 0.2) is 18.3 Å². The summed E-state index contributed by atoms with van der Waals surface area (Å²) in [4.78, 5) is 6.66. The Balaban J connectivity index is 1.98. The summed E-state index contributed by atoms with van der Waals surface area (Å²) in [5.74, 6) is 0.749. The average Bonchev–Trinajstić information content (AvgIpc) is 2.33. The highest BCUT2D eigenvalue weighted by Gasteiger charge is 2.16. The van der Waals surface area contributed by atoms with E-state index in [4.69, 9.17) is 4.74 Å². The van der Waals surface area contributed by atoms with Crippen molar-refractivity contribution in [3.8, 4) is 5.88 Å². The predicted molar refractivity (Wildman–Crippen MR) is 71.7 cm³/mol. The molecule has 1 aliphatic heterocycles. The van der Waals surface area contributed by atoms with Crippen LogP contribution in [0.1, 0.15) is 5.56 Å². The van der Waals surface area contributed by atoms with Gasteiger partial charge < -0.3 is 4.74 Å². The van der Waals surface area contributed by atoms with Crippen molar-refractivity contribution in [2.45, 2.75) is 6.54 Å². The second-order valence-electron chi connectivity index (χ2n) is 3.86. The lowest BCUT2D eigenvalue weighted by Gasteiger charge is -2.31. The first-order chi connectivity index (χ1) is 7.79. The van der Waals surface area contributed by atoms with E-state index in [0.29, 0.717) is 0 Å². The van der Waals surface area contributed by atoms with Gasteiger partial charge in [0.25, 0.3) is 0 Å². The number of nitrogens with zero attached hydrogens (tertiary/aromatic N) is 3. The van der Waals surface area contributed by atoms with Crippen LogP contribution in [0.5, 0.6) is 5.88 Å². The number of aromatic nitrogens is 1. The van der Waals surface area contributed by atoms with Gasteiger partial charge in [-0.15, -0.1) is 0 Å². The molecule has 0 saturated carbocycles. The normalized spacial score (nSPS) is 18.6. The quantitative estimate of drug-likeness (QED) is 0.620. The number of hydrogen-bond donors (Lipinski definition) is 0. The summed E-state index contributed by atoms with van der Waals surface area (Å²) in [6.45, 7) is 5.41. The summed E-state index contributed by atoms with van der Waals surface area (Å²) in [5.41, 5.74) is 1.17. The first kappa shape index (κ1) is 12.1. The summed E-state index contributed by atoms with van der Waals surface area (Å²) >= 11 is 2.38. The first-order valence-electron chi connectivity index (χ1n) is 5.40. The van der Waals surface area contributed by atoms with Crippen molar-refractivity contribution in [2.24, 2.45) is 0 Å². The fraction of sp³-hybridized carbons (Fsp3) is 0.545. The van der Waals surface area contributed by atoms with Gasteiger partial charge in [-0.1, -0.05) is 6.07 Å². The largest absolute Gasteiger partial charge is 0.481 e. The fourth-order valence-corrected chi connectivity index (χ4v) is 2.28. The molecule has 0 bridgehead atoms. The summed E-state index contributed by atoms with van der Waals surface area (Å²) in [5, 5.41) is 0. The van der Waals surface area contributed by atoms with Crippen LogP contribution in [-0.4, -0.2) is 46.3 Å². The Morgan fingerprint density at radius 2 is 2.12 bits per heavy atom. The number of pyridine rings is 1. The third-order valence-corrected chi connectivity index (χ3v) is 3.72. The maximum atomic E-state index is 5.26. The van der Waals surface area contributed by atoms with Crippen LogP contribution >= 0.6 is 22.9 Å². The molecule has 1 aliphatic rings. The number of hydrogen-bond acceptors (Lipinski definition) is 4. The molecule has 0 spiro atoms. The maximum absolute atomic E-state index is 5.26. The zero-order chi connectivity index (χ0) is 11.4. The highest BCUT2D eigenvalue weighted by molar-refractivity contribution is 14.1. The van der Waals surface area contributed by atoms with E-state index in [1.807, 2.05) is 6.07 Å². The second kappa shape index (κ2) is 5.79. The van der Waals surface area contributed by atoms with E-state index in [-0.39, 0.29) is 0 Å². The first-order valence-corrected chi connectivity index (χ1v) is 6.37. The summed E-state index contributed by atoms with van der Waals surface area (Å²) in [6.07, 6.45) is 1.77. The highest BCUT2D eigenvalue weighted by Crippen LogP contribution is 2.17. The lowest BCUT2D eigenvalue weighted by molar-refractivity contribution is 0.196. The van der Waals surface area contributed by atoms with Gasteiger partial charge in [0.1, 0.15) is 0 Å². The number of halogens is 1. The minimum atomic E-state index is 0.749. The van der Waals surface area contributed by atoms with Crippen LogP contribution in [0.25, 0.3) is 0 Å². The SMILES string of the molecule is COc1ncccc1CN1CCN(I)CC1. The number of ether oxygens (including phenoxy) is 1. The van der Waals surface area contributed by atoms with Crippen LogP contribution < -0.4 is 4.74 Å². The Morgan fingerprint density at radius 1 is 1.38 bits per heavy atom. The van der Waals surface area contributed by atoms with E-state index < -0.39 is 0 Å². The molecule has 0 unspecified atom stereocenters. The smallest absolute Gasteiger partial charge is 0.217 e. The molecule has 88 valence electrons. The van der Waals surface area contributed by atoms with Gasteiger partial charge in [-0.2, -0.15) is 0 Å². The van der Waals surface area contributed by atoms with Crippen molar-refractivity contribution in [3.63, 3.8) is 0 Å². The van der Waals surface area contributed by atoms with Gasteiger partial charge in [-0.05, 0) is 6.07 Å². The average molecular weight is 333 g/mol. The van der Waals surface area contributed by atoms with Gasteiger partial charge in [0, 0.05) is 67.3 Å². The molecule has 5 heteroatoms. The molecule has 0 atom stereocenters. The Morgan fingerprint density at radius 3 is 2.81 bits per heavy atom. The van der Waals surface area contributed by atoms with E-state index in [1.54, 1.807) is 13.3 Å². The molecular formula is C11H16IN3O. The topological polar surface area (TPSA) is 28.6 Å². The standard InChI is InChI=1S/C11H16IN3O/c1-16-11-10(3-2-4-13-11)9-14-5-7-15(12)8-6-14/h2-4H,5-9H2,1H3. The van der Waals surface area contributed by atoms with Crippen LogP contribution in [0, 0.1) is 0 Å². The minimum absolute atomic E-state index is 0.749. The monoisotopic (exact) mass is 333 g/mol. The van der Waals surface area contributed by atoms with Crippen molar-refractivity contribution in [3.05, 3.63) is 23.9 Å². The van der Waals surface area contributed by atoms with Gasteiger partial charge in [-0.3, -0.25) is 4.90 Å². The van der Waals surface area contributed by atoms with Crippen molar-refractivity contribution < 1.29 is 4.74 Å². The van der Waals surface area contributed by atoms with Gasteiger partial charge in [-0.25, -0.2) is 8.10 Å². The van der Waals surface area contributed by atoms with E-state index in [1.165, 1.54) is 5.56 Å². The molecule has 0 aliphatic carbocycles. The molecule has 1 aromatic heterocycles. The predicted octanol–water partition coefficient (Wildman–Crippen LogP) is 1.56. The molecule has 0 radical (unpaired) electrons. The van der Waals surface area contributed by atoms with Crippen molar-refractivity contribution in [2.75, 3.05) is 33.3 Å². The molecule has 2 rings (SSSR count). The van der Waals surface area contributed by atoms with E-state index in [2.05, 4.69) is 41.9 Å². The van der Waals surface area contributed by atoms with Crippen LogP contribution in [0.4, 0.5) is 0 Å². The van der Waals surface area contributed by atoms with E-state index in [9.17, 15) is 0 Å². The molecule has 2 heterocycles. The molecule has 1 saturated heterocycles. The highest BCUT2D eigenvalue weighted by atomic mass is 127. The van der Waals surface area contributed by atoms with Crippen LogP contribution in [0.3, 0.4) is 0 Å². The second-order valence-corrected chi connectivity index (χ2v) is 5.22. The van der Waals surface area contributed by atoms with Crippen molar-refractivity contribution in [1.82, 2.24) is 13.0 Å². The maximum Gasteiger partial charge on any atom is 0.217 e. The minimum Gasteiger partial charge on any atom is -0.481 e. The molecule has 1 aromatic rings. The zero-order valence-electron chi connectivity index (χ0n) is 9.40. The lowest BCUT2D eigenvalue weighted by Crippen LogP contribution is -2.41. The number of rotatable bonds is 3. The van der Waals surface area contributed by atoms with Gasteiger partial charge in [0.15, 0.2) is 0 Å². The number of piperazine rings is 1. The molecule has 0 amide bonds. The van der Waals surface area contributed by atoms with Gasteiger partial charge in [0.05, 0.1) is 7.11 Å². The van der Waals surface area contributed by atoms with E-state index in [0.717, 1.165) is 38.6 Å². The van der Waals surface area contributed by atoms with Gasteiger partial charge >= 0.3 is 0 Å². The van der Waals surface area contributed by atoms with Crippen molar-refractivity contribution in [1.29, 1.82) is 0 Å². The lowest BCUT2D eigenvalue weighted by atomic mass is 10.2. The number of methoxy groups -OCH3 is 1. The zero-order valence-corrected chi connectivity index (χ0v) is 11.6. The van der Waals surface area contributed by atoms with Gasteiger partial charge in [0.2, 0.25) is 5.88 Å². The van der Waals surface area contributed by atoms with E-state index >= 15 is 0 Å². The fourth-order valence-electron chi connectivity index (χ4n) is 1.85. The Bertz CT molecular complexity index is 340. The molecule has 1 fully saturated rings.